The predicted octanol–water partition coefficient (Wildman–Crippen LogP) is 5.12. The normalized spacial score (nSPS) is 16.7. The van der Waals surface area contributed by atoms with Crippen LogP contribution in [0.25, 0.3) is 11.1 Å². The third-order valence-corrected chi connectivity index (χ3v) is 5.99. The Morgan fingerprint density at radius 3 is 2.65 bits per heavy atom. The number of anilines is 1. The highest BCUT2D eigenvalue weighted by Crippen LogP contribution is 2.43. The van der Waals surface area contributed by atoms with E-state index >= 15 is 0 Å². The fraction of sp³-hybridized carbons (Fsp3) is 0.429. The number of methoxy groups -OCH3 is 1. The van der Waals surface area contributed by atoms with Crippen molar-refractivity contribution >= 4 is 21.7 Å². The van der Waals surface area contributed by atoms with Gasteiger partial charge in [0, 0.05) is 11.3 Å². The molecule has 0 fully saturated rings. The fourth-order valence-electron chi connectivity index (χ4n) is 3.77. The molecule has 0 aliphatic heterocycles. The molecule has 2 N–H and O–H groups in total. The molecule has 1 atom stereocenters. The standard InChI is InChI=1S/C21H24BrN3O/c1-21(2,3)13-6-7-17-14(10-13)19(15(11-23)20(24)25-17)12-5-8-18(26-4)16(22)9-12/h5,8-9,13H,6-7,10H2,1-4H3,(H2,24,25). The number of benzene rings is 1. The summed E-state index contributed by atoms with van der Waals surface area (Å²) in [6, 6.07) is 8.17. The highest BCUT2D eigenvalue weighted by molar-refractivity contribution is 9.10. The first-order valence-corrected chi connectivity index (χ1v) is 9.60. The molecule has 0 spiro atoms. The first-order chi connectivity index (χ1) is 12.3. The molecular weight excluding hydrogens is 390 g/mol. The second-order valence-corrected chi connectivity index (χ2v) is 8.79. The van der Waals surface area contributed by atoms with Crippen LogP contribution in [0.15, 0.2) is 22.7 Å². The van der Waals surface area contributed by atoms with E-state index < -0.39 is 0 Å². The van der Waals surface area contributed by atoms with Crippen LogP contribution in [0.4, 0.5) is 5.82 Å². The van der Waals surface area contributed by atoms with Gasteiger partial charge >= 0.3 is 0 Å². The lowest BCUT2D eigenvalue weighted by Crippen LogP contribution is -2.28. The van der Waals surface area contributed by atoms with Gasteiger partial charge in [0.2, 0.25) is 0 Å². The largest absolute Gasteiger partial charge is 0.496 e. The molecule has 0 amide bonds. The van der Waals surface area contributed by atoms with Crippen LogP contribution >= 0.6 is 15.9 Å². The van der Waals surface area contributed by atoms with E-state index in [1.54, 1.807) is 7.11 Å². The quantitative estimate of drug-likeness (QED) is 0.740. The number of nitrogens with two attached hydrogens (primary N) is 1. The molecule has 1 unspecified atom stereocenters. The number of aromatic nitrogens is 1. The van der Waals surface area contributed by atoms with E-state index in [4.69, 9.17) is 10.5 Å². The summed E-state index contributed by atoms with van der Waals surface area (Å²) in [6.07, 6.45) is 2.91. The van der Waals surface area contributed by atoms with Gasteiger partial charge in [0.15, 0.2) is 0 Å². The molecule has 0 bridgehead atoms. The number of halogens is 1. The van der Waals surface area contributed by atoms with E-state index in [0.717, 1.165) is 46.3 Å². The van der Waals surface area contributed by atoms with Gasteiger partial charge in [-0.25, -0.2) is 4.98 Å². The summed E-state index contributed by atoms with van der Waals surface area (Å²) in [4.78, 5) is 4.56. The molecule has 1 aromatic carbocycles. The van der Waals surface area contributed by atoms with E-state index in [1.807, 2.05) is 18.2 Å². The molecule has 5 heteroatoms. The molecule has 4 nitrogen and oxygen atoms in total. The van der Waals surface area contributed by atoms with Crippen LogP contribution in [0.2, 0.25) is 0 Å². The Labute approximate surface area is 163 Å². The summed E-state index contributed by atoms with van der Waals surface area (Å²) in [5, 5.41) is 9.75. The number of nitrogens with zero attached hydrogens (tertiary/aromatic N) is 2. The van der Waals surface area contributed by atoms with Gasteiger partial charge in [0.25, 0.3) is 0 Å². The molecule has 1 aliphatic carbocycles. The second-order valence-electron chi connectivity index (χ2n) is 7.94. The van der Waals surface area contributed by atoms with Crippen LogP contribution in [-0.2, 0) is 12.8 Å². The fourth-order valence-corrected chi connectivity index (χ4v) is 4.31. The Morgan fingerprint density at radius 1 is 1.35 bits per heavy atom. The van der Waals surface area contributed by atoms with Gasteiger partial charge in [-0.15, -0.1) is 0 Å². The van der Waals surface area contributed by atoms with Crippen molar-refractivity contribution in [1.82, 2.24) is 4.98 Å². The first kappa shape index (κ1) is 18.7. The molecule has 0 radical (unpaired) electrons. The van der Waals surface area contributed by atoms with Crippen molar-refractivity contribution < 1.29 is 4.74 Å². The molecule has 26 heavy (non-hydrogen) atoms. The average Bonchev–Trinajstić information content (AvgIpc) is 2.59. The van der Waals surface area contributed by atoms with Crippen LogP contribution in [0.5, 0.6) is 5.75 Å². The number of rotatable bonds is 2. The number of pyridine rings is 1. The predicted molar refractivity (Wildman–Crippen MR) is 108 cm³/mol. The Bertz CT molecular complexity index is 894. The third-order valence-electron chi connectivity index (χ3n) is 5.37. The number of ether oxygens (including phenoxy) is 1. The highest BCUT2D eigenvalue weighted by Gasteiger charge is 2.32. The molecule has 1 heterocycles. The summed E-state index contributed by atoms with van der Waals surface area (Å²) >= 11 is 3.55. The number of aryl methyl sites for hydroxylation is 1. The van der Waals surface area contributed by atoms with Crippen molar-refractivity contribution in [2.75, 3.05) is 12.8 Å². The monoisotopic (exact) mass is 413 g/mol. The zero-order chi connectivity index (χ0) is 19.1. The Kier molecular flexibility index (Phi) is 4.98. The number of hydrogen-bond donors (Lipinski definition) is 1. The Balaban J connectivity index is 2.23. The van der Waals surface area contributed by atoms with E-state index in [0.29, 0.717) is 17.3 Å². The number of hydrogen-bond acceptors (Lipinski definition) is 4. The SMILES string of the molecule is COc1ccc(-c2c(C#N)c(N)nc3c2CC(C(C)(C)C)CC3)cc1Br. The van der Waals surface area contributed by atoms with E-state index in [1.165, 1.54) is 5.56 Å². The van der Waals surface area contributed by atoms with Crippen LogP contribution < -0.4 is 10.5 Å². The summed E-state index contributed by atoms with van der Waals surface area (Å²) in [5.74, 6) is 1.63. The van der Waals surface area contributed by atoms with Gasteiger partial charge in [0.05, 0.1) is 11.6 Å². The summed E-state index contributed by atoms with van der Waals surface area (Å²) in [6.45, 7) is 6.84. The first-order valence-electron chi connectivity index (χ1n) is 8.81. The number of nitrogen functional groups attached to an aromatic ring is 1. The zero-order valence-electron chi connectivity index (χ0n) is 15.7. The molecule has 3 rings (SSSR count). The molecule has 136 valence electrons. The maximum absolute atomic E-state index is 9.75. The van der Waals surface area contributed by atoms with Crippen LogP contribution in [0.3, 0.4) is 0 Å². The minimum atomic E-state index is 0.212. The van der Waals surface area contributed by atoms with E-state index in [2.05, 4.69) is 47.8 Å². The van der Waals surface area contributed by atoms with E-state index in [9.17, 15) is 5.26 Å². The smallest absolute Gasteiger partial charge is 0.142 e. The van der Waals surface area contributed by atoms with Crippen molar-refractivity contribution in [3.05, 3.63) is 39.5 Å². The molecular formula is C21H24BrN3O. The van der Waals surface area contributed by atoms with Gasteiger partial charge < -0.3 is 10.5 Å². The van der Waals surface area contributed by atoms with Crippen LogP contribution in [-0.4, -0.2) is 12.1 Å². The third kappa shape index (κ3) is 3.31. The topological polar surface area (TPSA) is 71.9 Å². The van der Waals surface area contributed by atoms with Gasteiger partial charge in [-0.3, -0.25) is 0 Å². The minimum Gasteiger partial charge on any atom is -0.496 e. The minimum absolute atomic E-state index is 0.212. The zero-order valence-corrected chi connectivity index (χ0v) is 17.3. The van der Waals surface area contributed by atoms with Crippen molar-refractivity contribution in [2.45, 2.75) is 40.0 Å². The molecule has 0 saturated heterocycles. The lowest BCUT2D eigenvalue weighted by atomic mass is 9.70. The van der Waals surface area contributed by atoms with Crippen molar-refractivity contribution in [1.29, 1.82) is 5.26 Å². The van der Waals surface area contributed by atoms with Gasteiger partial charge in [-0.2, -0.15) is 5.26 Å². The second kappa shape index (κ2) is 6.92. The molecule has 1 aliphatic rings. The van der Waals surface area contributed by atoms with Crippen molar-refractivity contribution in [3.63, 3.8) is 0 Å². The Morgan fingerprint density at radius 2 is 2.08 bits per heavy atom. The van der Waals surface area contributed by atoms with Crippen molar-refractivity contribution in [2.24, 2.45) is 11.3 Å². The highest BCUT2D eigenvalue weighted by atomic mass is 79.9. The molecule has 1 aromatic heterocycles. The summed E-state index contributed by atoms with van der Waals surface area (Å²) < 4.78 is 6.20. The summed E-state index contributed by atoms with van der Waals surface area (Å²) in [7, 11) is 1.64. The van der Waals surface area contributed by atoms with Crippen molar-refractivity contribution in [3.8, 4) is 22.9 Å². The average molecular weight is 414 g/mol. The maximum atomic E-state index is 9.75. The van der Waals surface area contributed by atoms with Crippen LogP contribution in [0.1, 0.15) is 44.0 Å². The molecule has 0 saturated carbocycles. The van der Waals surface area contributed by atoms with Gasteiger partial charge in [-0.05, 0) is 69.8 Å². The van der Waals surface area contributed by atoms with E-state index in [-0.39, 0.29) is 5.41 Å². The number of fused-ring (bicyclic) bond motifs is 1. The maximum Gasteiger partial charge on any atom is 0.142 e. The van der Waals surface area contributed by atoms with Gasteiger partial charge in [-0.1, -0.05) is 26.8 Å². The lowest BCUT2D eigenvalue weighted by molar-refractivity contribution is 0.215. The van der Waals surface area contributed by atoms with Crippen LogP contribution in [0, 0.1) is 22.7 Å². The lowest BCUT2D eigenvalue weighted by Gasteiger charge is -2.35. The van der Waals surface area contributed by atoms with Gasteiger partial charge in [0.1, 0.15) is 23.2 Å². The molecule has 2 aromatic rings. The summed E-state index contributed by atoms with van der Waals surface area (Å²) in [5.41, 5.74) is 10.9. The Hall–Kier alpha value is -2.06. The number of nitriles is 1.